The molecule has 222 valence electrons. The summed E-state index contributed by atoms with van der Waals surface area (Å²) >= 11 is 0. The van der Waals surface area contributed by atoms with Crippen molar-refractivity contribution in [2.45, 2.75) is 81.5 Å². The number of amides is 1. The van der Waals surface area contributed by atoms with Crippen molar-refractivity contribution in [3.05, 3.63) is 49.0 Å². The molecule has 11 heteroatoms. The van der Waals surface area contributed by atoms with Gasteiger partial charge in [-0.3, -0.25) is 9.59 Å². The van der Waals surface area contributed by atoms with E-state index >= 15 is 4.39 Å². The zero-order chi connectivity index (χ0) is 28.4. The van der Waals surface area contributed by atoms with Crippen molar-refractivity contribution in [2.75, 3.05) is 31.1 Å². The molecule has 2 saturated heterocycles. The SMILES string of the molecule is O=C1C(C(=O)N2CCN(c3ncccn3)CC2)=CN2C3C(CCC4CCCCC43)OC3C2C1CC(F)C3n1ccnc1. The number of hydrogen-bond acceptors (Lipinski definition) is 8. The number of alkyl halides is 1. The molecule has 0 spiro atoms. The number of morpholine rings is 1. The van der Waals surface area contributed by atoms with Crippen molar-refractivity contribution in [3.8, 4) is 0 Å². The fourth-order valence-corrected chi connectivity index (χ4v) is 9.07. The molecule has 3 aliphatic carbocycles. The standard InChI is InChI=1S/C31H38FN7O3/c32-23-16-21-26-29(27(23)38-11-10-33-18-38)42-24-7-6-19-4-1-2-5-20(19)25(24)39(26)17-22(28(21)40)30(41)36-12-14-37(15-13-36)31-34-8-3-9-35-31/h3,8-11,17-21,23-27,29H,1-2,4-7,12-16H2. The fraction of sp³-hybridized carbons (Fsp3) is 0.645. The maximum absolute atomic E-state index is 16.1. The van der Waals surface area contributed by atoms with Crippen molar-refractivity contribution < 1.29 is 18.7 Å². The van der Waals surface area contributed by atoms with Crippen LogP contribution in [0.3, 0.4) is 0 Å². The number of ether oxygens (including phenoxy) is 1. The first-order chi connectivity index (χ1) is 20.6. The van der Waals surface area contributed by atoms with Gasteiger partial charge in [-0.05, 0) is 43.6 Å². The number of imidazole rings is 1. The molecule has 0 aromatic carbocycles. The average molecular weight is 576 g/mol. The molecule has 2 aromatic rings. The lowest BCUT2D eigenvalue weighted by molar-refractivity contribution is -0.220. The lowest BCUT2D eigenvalue weighted by atomic mass is 9.63. The van der Waals surface area contributed by atoms with Gasteiger partial charge in [0.05, 0.1) is 36.1 Å². The van der Waals surface area contributed by atoms with E-state index in [-0.39, 0.29) is 41.9 Å². The third-order valence-corrected chi connectivity index (χ3v) is 10.9. The largest absolute Gasteiger partial charge is 0.368 e. The first kappa shape index (κ1) is 26.3. The van der Waals surface area contributed by atoms with Crippen molar-refractivity contribution >= 4 is 17.6 Å². The Morgan fingerprint density at radius 3 is 2.55 bits per heavy atom. The van der Waals surface area contributed by atoms with Crippen LogP contribution in [0.15, 0.2) is 49.0 Å². The maximum Gasteiger partial charge on any atom is 0.259 e. The summed E-state index contributed by atoms with van der Waals surface area (Å²) in [5.74, 6) is 0.661. The Balaban J connectivity index is 1.13. The highest BCUT2D eigenvalue weighted by Crippen LogP contribution is 2.53. The summed E-state index contributed by atoms with van der Waals surface area (Å²) in [5, 5.41) is 0. The predicted molar refractivity (Wildman–Crippen MR) is 151 cm³/mol. The van der Waals surface area contributed by atoms with Gasteiger partial charge in [0.1, 0.15) is 12.3 Å². The van der Waals surface area contributed by atoms with E-state index < -0.39 is 24.2 Å². The molecule has 5 fully saturated rings. The molecular weight excluding hydrogens is 537 g/mol. The Hall–Kier alpha value is -3.34. The highest BCUT2D eigenvalue weighted by Gasteiger charge is 2.61. The maximum atomic E-state index is 16.1. The van der Waals surface area contributed by atoms with Crippen LogP contribution in [-0.4, -0.2) is 97.7 Å². The lowest BCUT2D eigenvalue weighted by Crippen LogP contribution is -2.71. The average Bonchev–Trinajstić information content (AvgIpc) is 3.56. The minimum absolute atomic E-state index is 0.0437. The van der Waals surface area contributed by atoms with Crippen LogP contribution in [0.25, 0.3) is 0 Å². The second kappa shape index (κ2) is 10.4. The van der Waals surface area contributed by atoms with Crippen LogP contribution in [0.1, 0.15) is 51.0 Å². The van der Waals surface area contributed by atoms with Crippen molar-refractivity contribution in [2.24, 2.45) is 17.8 Å². The van der Waals surface area contributed by atoms with E-state index in [2.05, 4.69) is 24.8 Å². The minimum Gasteiger partial charge on any atom is -0.368 e. The summed E-state index contributed by atoms with van der Waals surface area (Å²) in [6.45, 7) is 2.15. The van der Waals surface area contributed by atoms with E-state index in [1.54, 1.807) is 42.1 Å². The van der Waals surface area contributed by atoms with Crippen LogP contribution < -0.4 is 4.90 Å². The normalized spacial score (nSPS) is 37.8. The first-order valence-corrected chi connectivity index (χ1v) is 15.7. The number of piperazine rings is 1. The number of ketones is 1. The first-order valence-electron chi connectivity index (χ1n) is 15.7. The smallest absolute Gasteiger partial charge is 0.259 e. The van der Waals surface area contributed by atoms with E-state index in [9.17, 15) is 9.59 Å². The number of Topliss-reactive ketones (excluding diaryl/α,β-unsaturated/α-hetero) is 1. The molecule has 0 N–H and O–H groups in total. The Bertz CT molecular complexity index is 1350. The second-order valence-electron chi connectivity index (χ2n) is 12.9. The molecule has 5 heterocycles. The number of carbonyl (C=O) groups is 2. The monoisotopic (exact) mass is 575 g/mol. The number of aromatic nitrogens is 4. The van der Waals surface area contributed by atoms with E-state index in [0.29, 0.717) is 44.0 Å². The molecule has 9 unspecified atom stereocenters. The number of hydrogen-bond donors (Lipinski definition) is 0. The molecule has 0 bridgehead atoms. The Morgan fingerprint density at radius 2 is 1.76 bits per heavy atom. The summed E-state index contributed by atoms with van der Waals surface area (Å²) in [4.78, 5) is 47.2. The van der Waals surface area contributed by atoms with E-state index in [1.165, 1.54) is 19.3 Å². The highest BCUT2D eigenvalue weighted by atomic mass is 19.1. The number of carbonyl (C=O) groups excluding carboxylic acids is 2. The predicted octanol–water partition coefficient (Wildman–Crippen LogP) is 2.79. The molecule has 6 aliphatic rings. The van der Waals surface area contributed by atoms with Gasteiger partial charge in [-0.2, -0.15) is 0 Å². The molecule has 8 rings (SSSR count). The number of nitrogens with zero attached hydrogens (tertiary/aromatic N) is 7. The zero-order valence-corrected chi connectivity index (χ0v) is 23.7. The number of halogens is 1. The third-order valence-electron chi connectivity index (χ3n) is 10.9. The molecule has 42 heavy (non-hydrogen) atoms. The number of anilines is 1. The third kappa shape index (κ3) is 4.18. The quantitative estimate of drug-likeness (QED) is 0.516. The fourth-order valence-electron chi connectivity index (χ4n) is 9.07. The van der Waals surface area contributed by atoms with Gasteiger partial charge in [0.2, 0.25) is 5.95 Å². The number of rotatable bonds is 3. The molecule has 3 aliphatic heterocycles. The lowest BCUT2D eigenvalue weighted by Gasteiger charge is -2.62. The van der Waals surface area contributed by atoms with E-state index in [0.717, 1.165) is 19.3 Å². The molecule has 1 amide bonds. The van der Waals surface area contributed by atoms with Gasteiger partial charge >= 0.3 is 0 Å². The Kier molecular flexibility index (Phi) is 6.53. The van der Waals surface area contributed by atoms with E-state index in [4.69, 9.17) is 4.74 Å². The Morgan fingerprint density at radius 1 is 0.952 bits per heavy atom. The molecule has 0 radical (unpaired) electrons. The van der Waals surface area contributed by atoms with Gasteiger partial charge in [-0.25, -0.2) is 19.3 Å². The Labute approximate surface area is 244 Å². The van der Waals surface area contributed by atoms with Crippen molar-refractivity contribution in [1.82, 2.24) is 29.3 Å². The van der Waals surface area contributed by atoms with Gasteiger partial charge in [-0.1, -0.05) is 19.3 Å². The van der Waals surface area contributed by atoms with Crippen LogP contribution in [0.2, 0.25) is 0 Å². The molecule has 10 nitrogen and oxygen atoms in total. The van der Waals surface area contributed by atoms with Crippen LogP contribution in [-0.2, 0) is 14.3 Å². The molecule has 3 saturated carbocycles. The van der Waals surface area contributed by atoms with Gasteiger partial charge in [0, 0.05) is 63.1 Å². The highest BCUT2D eigenvalue weighted by molar-refractivity contribution is 6.20. The molecule has 9 atom stereocenters. The summed E-state index contributed by atoms with van der Waals surface area (Å²) in [6, 6.07) is 1.05. The van der Waals surface area contributed by atoms with Crippen LogP contribution >= 0.6 is 0 Å². The van der Waals surface area contributed by atoms with Gasteiger partial charge < -0.3 is 24.0 Å². The van der Waals surface area contributed by atoms with Gasteiger partial charge in [0.25, 0.3) is 5.91 Å². The van der Waals surface area contributed by atoms with Gasteiger partial charge in [0.15, 0.2) is 5.78 Å². The van der Waals surface area contributed by atoms with Crippen LogP contribution in [0.4, 0.5) is 10.3 Å². The minimum atomic E-state index is -1.28. The zero-order valence-electron chi connectivity index (χ0n) is 23.7. The summed E-state index contributed by atoms with van der Waals surface area (Å²) in [6.07, 6.45) is 15.6. The topological polar surface area (TPSA) is 96.7 Å². The second-order valence-corrected chi connectivity index (χ2v) is 12.9. The van der Waals surface area contributed by atoms with Crippen LogP contribution in [0.5, 0.6) is 0 Å². The summed E-state index contributed by atoms with van der Waals surface area (Å²) in [7, 11) is 0. The number of fused-ring (bicyclic) bond motifs is 4. The van der Waals surface area contributed by atoms with Crippen LogP contribution in [0, 0.1) is 17.8 Å². The summed E-state index contributed by atoms with van der Waals surface area (Å²) < 4.78 is 24.8. The molecule has 2 aromatic heterocycles. The van der Waals surface area contributed by atoms with Crippen molar-refractivity contribution in [1.29, 1.82) is 0 Å². The van der Waals surface area contributed by atoms with Gasteiger partial charge in [-0.15, -0.1) is 0 Å². The summed E-state index contributed by atoms with van der Waals surface area (Å²) in [5.41, 5.74) is 0.214. The van der Waals surface area contributed by atoms with E-state index in [1.807, 2.05) is 10.8 Å². The van der Waals surface area contributed by atoms with Crippen molar-refractivity contribution in [3.63, 3.8) is 0 Å². The molecular formula is C31H38FN7O3.